The molecule has 4 rings (SSSR count). The lowest BCUT2D eigenvalue weighted by Crippen LogP contribution is -2.19. The van der Waals surface area contributed by atoms with E-state index in [1.54, 1.807) is 0 Å². The van der Waals surface area contributed by atoms with Crippen molar-refractivity contribution in [1.29, 1.82) is 0 Å². The summed E-state index contributed by atoms with van der Waals surface area (Å²) in [5.41, 5.74) is 7.63. The highest BCUT2D eigenvalue weighted by Crippen LogP contribution is 2.35. The van der Waals surface area contributed by atoms with Crippen molar-refractivity contribution in [3.8, 4) is 0 Å². The van der Waals surface area contributed by atoms with E-state index in [4.69, 9.17) is 0 Å². The summed E-state index contributed by atoms with van der Waals surface area (Å²) >= 11 is 0. The van der Waals surface area contributed by atoms with Crippen molar-refractivity contribution in [3.63, 3.8) is 0 Å². The van der Waals surface area contributed by atoms with Crippen LogP contribution >= 0.6 is 0 Å². The zero-order chi connectivity index (χ0) is 30.8. The predicted molar refractivity (Wildman–Crippen MR) is 183 cm³/mol. The third-order valence-corrected chi connectivity index (χ3v) is 6.94. The van der Waals surface area contributed by atoms with Crippen LogP contribution < -0.4 is 4.90 Å². The third-order valence-electron chi connectivity index (χ3n) is 6.94. The van der Waals surface area contributed by atoms with E-state index in [2.05, 4.69) is 149 Å². The molecule has 1 heteroatoms. The summed E-state index contributed by atoms with van der Waals surface area (Å²) in [5, 5.41) is 0. The van der Waals surface area contributed by atoms with Gasteiger partial charge in [0.1, 0.15) is 0 Å². The molecular formula is C39H57N. The van der Waals surface area contributed by atoms with Gasteiger partial charge in [-0.3, -0.25) is 0 Å². The summed E-state index contributed by atoms with van der Waals surface area (Å²) in [6.45, 7) is 25.1. The van der Waals surface area contributed by atoms with Crippen LogP contribution in [0.4, 0.5) is 11.4 Å². The Hall–Kier alpha value is -3.32. The van der Waals surface area contributed by atoms with Crippen LogP contribution in [0.2, 0.25) is 0 Å². The molecule has 0 N–H and O–H groups in total. The maximum atomic E-state index is 2.29. The van der Waals surface area contributed by atoms with Gasteiger partial charge in [-0.05, 0) is 46.5 Å². The van der Waals surface area contributed by atoms with E-state index in [9.17, 15) is 0 Å². The molecule has 0 radical (unpaired) electrons. The second-order valence-corrected chi connectivity index (χ2v) is 9.63. The van der Waals surface area contributed by atoms with Crippen LogP contribution in [0, 0.1) is 0 Å². The maximum Gasteiger partial charge on any atom is 0.0408 e. The predicted octanol–water partition coefficient (Wildman–Crippen LogP) is 12.2. The second kappa shape index (κ2) is 18.9. The van der Waals surface area contributed by atoms with Crippen molar-refractivity contribution >= 4 is 11.4 Å². The van der Waals surface area contributed by atoms with E-state index in [0.717, 1.165) is 0 Å². The lowest BCUT2D eigenvalue weighted by molar-refractivity contribution is 0.641. The van der Waals surface area contributed by atoms with Gasteiger partial charge >= 0.3 is 0 Å². The monoisotopic (exact) mass is 539 g/mol. The first-order valence-electron chi connectivity index (χ1n) is 15.4. The molecule has 0 aliphatic rings. The van der Waals surface area contributed by atoms with Gasteiger partial charge in [-0.25, -0.2) is 0 Å². The molecule has 0 saturated carbocycles. The van der Waals surface area contributed by atoms with Crippen LogP contribution in [0.15, 0.2) is 109 Å². The Labute approximate surface area is 248 Å². The van der Waals surface area contributed by atoms with Crippen LogP contribution in [-0.2, 0) is 10.8 Å². The highest BCUT2D eigenvalue weighted by Gasteiger charge is 2.24. The number of hydrogen-bond donors (Lipinski definition) is 0. The quantitative estimate of drug-likeness (QED) is 0.235. The normalized spacial score (nSPS) is 10.1. The molecule has 0 aromatic heterocycles. The van der Waals surface area contributed by atoms with Gasteiger partial charge in [-0.2, -0.15) is 0 Å². The van der Waals surface area contributed by atoms with Crippen molar-refractivity contribution in [1.82, 2.24) is 0 Å². The SMILES string of the molecule is CC.CC.CC.CC.CN(c1ccc(C(C)(C)c2ccccc2)cc1)c1ccc(C(C)(C)c2ccccc2)cc1. The Balaban J connectivity index is 0.00000175. The van der Waals surface area contributed by atoms with Gasteiger partial charge in [0.15, 0.2) is 0 Å². The second-order valence-electron chi connectivity index (χ2n) is 9.63. The number of hydrogen-bond acceptors (Lipinski definition) is 1. The van der Waals surface area contributed by atoms with Crippen molar-refractivity contribution in [2.75, 3.05) is 11.9 Å². The van der Waals surface area contributed by atoms with Crippen LogP contribution in [-0.4, -0.2) is 7.05 Å². The highest BCUT2D eigenvalue weighted by molar-refractivity contribution is 5.64. The van der Waals surface area contributed by atoms with E-state index >= 15 is 0 Å². The molecule has 0 aliphatic carbocycles. The van der Waals surface area contributed by atoms with Crippen molar-refractivity contribution < 1.29 is 0 Å². The van der Waals surface area contributed by atoms with Gasteiger partial charge < -0.3 is 4.90 Å². The minimum Gasteiger partial charge on any atom is -0.345 e. The Morgan fingerprint density at radius 1 is 0.350 bits per heavy atom. The Bertz CT molecular complexity index is 1040. The van der Waals surface area contributed by atoms with Gasteiger partial charge in [-0.1, -0.05) is 168 Å². The molecule has 0 aliphatic heterocycles. The fourth-order valence-corrected chi connectivity index (χ4v) is 4.40. The van der Waals surface area contributed by atoms with Crippen LogP contribution in [0.25, 0.3) is 0 Å². The molecule has 0 amide bonds. The van der Waals surface area contributed by atoms with Crippen LogP contribution in [0.3, 0.4) is 0 Å². The van der Waals surface area contributed by atoms with E-state index in [-0.39, 0.29) is 10.8 Å². The van der Waals surface area contributed by atoms with Crippen LogP contribution in [0.1, 0.15) is 105 Å². The molecule has 0 fully saturated rings. The Kier molecular flexibility index (Phi) is 17.3. The van der Waals surface area contributed by atoms with Gasteiger partial charge in [-0.15, -0.1) is 0 Å². The molecular weight excluding hydrogens is 482 g/mol. The van der Waals surface area contributed by atoms with Gasteiger partial charge in [0.25, 0.3) is 0 Å². The van der Waals surface area contributed by atoms with E-state index < -0.39 is 0 Å². The number of nitrogens with zero attached hydrogens (tertiary/aromatic N) is 1. The number of benzene rings is 4. The molecule has 40 heavy (non-hydrogen) atoms. The summed E-state index contributed by atoms with van der Waals surface area (Å²) in [6, 6.07) is 39.3. The van der Waals surface area contributed by atoms with Crippen molar-refractivity contribution in [2.45, 2.75) is 93.9 Å². The van der Waals surface area contributed by atoms with Gasteiger partial charge in [0.05, 0.1) is 0 Å². The molecule has 1 nitrogen and oxygen atoms in total. The Morgan fingerprint density at radius 2 is 0.575 bits per heavy atom. The standard InChI is InChI=1S/C31H33N.4C2H6/c1-30(2,24-12-8-6-9-13-24)26-16-20-28(21-17-26)32(5)29-22-18-27(19-23-29)31(3,4)25-14-10-7-11-15-25;4*1-2/h6-23H,1-5H3;4*1-2H3. The minimum absolute atomic E-state index is 0.0248. The van der Waals surface area contributed by atoms with Crippen molar-refractivity contribution in [3.05, 3.63) is 131 Å². The highest BCUT2D eigenvalue weighted by atomic mass is 15.1. The molecule has 0 unspecified atom stereocenters. The lowest BCUT2D eigenvalue weighted by atomic mass is 9.78. The first-order chi connectivity index (χ1) is 19.3. The minimum atomic E-state index is -0.0248. The summed E-state index contributed by atoms with van der Waals surface area (Å²) in [5.74, 6) is 0. The number of rotatable bonds is 6. The molecule has 0 heterocycles. The lowest BCUT2D eigenvalue weighted by Gasteiger charge is -2.28. The summed E-state index contributed by atoms with van der Waals surface area (Å²) in [6.07, 6.45) is 0. The first-order valence-corrected chi connectivity index (χ1v) is 15.4. The molecule has 4 aromatic rings. The van der Waals surface area contributed by atoms with E-state index in [1.165, 1.54) is 33.6 Å². The molecule has 0 atom stereocenters. The summed E-state index contributed by atoms with van der Waals surface area (Å²) < 4.78 is 0. The molecule has 4 aromatic carbocycles. The fourth-order valence-electron chi connectivity index (χ4n) is 4.40. The van der Waals surface area contributed by atoms with Crippen molar-refractivity contribution in [2.24, 2.45) is 0 Å². The Morgan fingerprint density at radius 3 is 0.825 bits per heavy atom. The van der Waals surface area contributed by atoms with E-state index in [0.29, 0.717) is 0 Å². The third kappa shape index (κ3) is 9.40. The fraction of sp³-hybridized carbons (Fsp3) is 0.385. The molecule has 218 valence electrons. The van der Waals surface area contributed by atoms with Crippen LogP contribution in [0.5, 0.6) is 0 Å². The van der Waals surface area contributed by atoms with Gasteiger partial charge in [0.2, 0.25) is 0 Å². The summed E-state index contributed by atoms with van der Waals surface area (Å²) in [4.78, 5) is 2.25. The number of anilines is 2. The zero-order valence-corrected chi connectivity index (χ0v) is 27.8. The topological polar surface area (TPSA) is 3.24 Å². The largest absolute Gasteiger partial charge is 0.345 e. The molecule has 0 saturated heterocycles. The molecule has 0 bridgehead atoms. The van der Waals surface area contributed by atoms with E-state index in [1.807, 2.05) is 55.4 Å². The summed E-state index contributed by atoms with van der Waals surface area (Å²) in [7, 11) is 2.13. The average molecular weight is 540 g/mol. The van der Waals surface area contributed by atoms with Gasteiger partial charge in [0, 0.05) is 29.3 Å². The first kappa shape index (κ1) is 36.7. The zero-order valence-electron chi connectivity index (χ0n) is 27.8. The molecule has 0 spiro atoms. The smallest absolute Gasteiger partial charge is 0.0408 e. The average Bonchev–Trinajstić information content (AvgIpc) is 3.05. The maximum absolute atomic E-state index is 2.29.